The lowest BCUT2D eigenvalue weighted by Gasteiger charge is -2.22. The van der Waals surface area contributed by atoms with Crippen LogP contribution in [0.3, 0.4) is 0 Å². The lowest BCUT2D eigenvalue weighted by Crippen LogP contribution is -2.39. The number of urea groups is 1. The first-order chi connectivity index (χ1) is 12.7. The molecule has 4 rings (SSSR count). The number of carbonyl (C=O) groups excluding carboxylic acids is 1. The van der Waals surface area contributed by atoms with Crippen molar-refractivity contribution < 1.29 is 13.6 Å². The number of aromatic nitrogens is 1. The second kappa shape index (κ2) is 7.15. The molecule has 1 aromatic carbocycles. The van der Waals surface area contributed by atoms with Crippen LogP contribution in [0.2, 0.25) is 0 Å². The molecule has 1 aliphatic rings. The molecule has 0 radical (unpaired) electrons. The van der Waals surface area contributed by atoms with Crippen LogP contribution < -0.4 is 10.6 Å². The van der Waals surface area contributed by atoms with E-state index < -0.39 is 0 Å². The van der Waals surface area contributed by atoms with Crippen LogP contribution in [0.15, 0.2) is 47.2 Å². The highest BCUT2D eigenvalue weighted by molar-refractivity contribution is 5.94. The van der Waals surface area contributed by atoms with Crippen LogP contribution >= 0.6 is 0 Å². The average Bonchev–Trinajstić information content (AvgIpc) is 3.14. The molecular formula is C20H20FN3O2. The maximum Gasteiger partial charge on any atom is 0.320 e. The molecule has 0 bridgehead atoms. The molecule has 0 saturated heterocycles. The number of benzene rings is 1. The van der Waals surface area contributed by atoms with Gasteiger partial charge >= 0.3 is 6.03 Å². The molecular weight excluding hydrogens is 333 g/mol. The summed E-state index contributed by atoms with van der Waals surface area (Å²) in [7, 11) is 0. The Morgan fingerprint density at radius 3 is 2.85 bits per heavy atom. The molecule has 5 nitrogen and oxygen atoms in total. The van der Waals surface area contributed by atoms with Gasteiger partial charge in [-0.2, -0.15) is 0 Å². The van der Waals surface area contributed by atoms with E-state index in [1.54, 1.807) is 30.5 Å². The molecule has 2 heterocycles. The van der Waals surface area contributed by atoms with E-state index in [1.165, 1.54) is 18.8 Å². The van der Waals surface area contributed by atoms with E-state index in [9.17, 15) is 9.18 Å². The predicted molar refractivity (Wildman–Crippen MR) is 98.4 cm³/mol. The number of hydrogen-bond acceptors (Lipinski definition) is 3. The summed E-state index contributed by atoms with van der Waals surface area (Å²) in [6.45, 7) is 0. The Bertz CT molecular complexity index is 932. The van der Waals surface area contributed by atoms with Crippen molar-refractivity contribution in [2.75, 3.05) is 5.32 Å². The Morgan fingerprint density at radius 2 is 2.00 bits per heavy atom. The fraction of sp³-hybridized carbons (Fsp3) is 0.300. The Morgan fingerprint density at radius 1 is 1.15 bits per heavy atom. The van der Waals surface area contributed by atoms with Crippen molar-refractivity contribution in [3.63, 3.8) is 0 Å². The van der Waals surface area contributed by atoms with E-state index in [-0.39, 0.29) is 17.9 Å². The van der Waals surface area contributed by atoms with Crippen LogP contribution in [0.25, 0.3) is 22.1 Å². The highest BCUT2D eigenvalue weighted by Crippen LogP contribution is 2.31. The van der Waals surface area contributed by atoms with Crippen LogP contribution in [-0.2, 0) is 0 Å². The van der Waals surface area contributed by atoms with Crippen molar-refractivity contribution in [1.82, 2.24) is 10.3 Å². The van der Waals surface area contributed by atoms with E-state index in [2.05, 4.69) is 15.6 Å². The minimum Gasteiger partial charge on any atom is -0.464 e. The molecule has 2 aromatic heterocycles. The Balaban J connectivity index is 1.53. The summed E-state index contributed by atoms with van der Waals surface area (Å²) in [6, 6.07) is 8.23. The van der Waals surface area contributed by atoms with Crippen molar-refractivity contribution in [3.05, 3.63) is 48.6 Å². The van der Waals surface area contributed by atoms with Crippen LogP contribution in [0.4, 0.5) is 15.0 Å². The molecule has 0 unspecified atom stereocenters. The summed E-state index contributed by atoms with van der Waals surface area (Å²) in [5, 5.41) is 6.22. The van der Waals surface area contributed by atoms with Gasteiger partial charge in [0, 0.05) is 17.8 Å². The van der Waals surface area contributed by atoms with E-state index >= 15 is 0 Å². The maximum atomic E-state index is 13.9. The molecule has 2 amide bonds. The summed E-state index contributed by atoms with van der Waals surface area (Å²) in [4.78, 5) is 16.4. The number of nitrogens with one attached hydrogen (secondary N) is 2. The van der Waals surface area contributed by atoms with Crippen LogP contribution in [0.1, 0.15) is 32.1 Å². The number of amides is 2. The summed E-state index contributed by atoms with van der Waals surface area (Å²) in [5.41, 5.74) is 2.03. The maximum absolute atomic E-state index is 13.9. The molecule has 1 aliphatic carbocycles. The van der Waals surface area contributed by atoms with E-state index in [0.29, 0.717) is 16.8 Å². The molecule has 3 aromatic rings. The van der Waals surface area contributed by atoms with Gasteiger partial charge in [0.25, 0.3) is 0 Å². The summed E-state index contributed by atoms with van der Waals surface area (Å²) in [6.07, 6.45) is 8.67. The van der Waals surface area contributed by atoms with Gasteiger partial charge in [0.1, 0.15) is 17.2 Å². The normalized spacial score (nSPS) is 15.1. The lowest BCUT2D eigenvalue weighted by molar-refractivity contribution is 0.244. The molecule has 26 heavy (non-hydrogen) atoms. The summed E-state index contributed by atoms with van der Waals surface area (Å²) < 4.78 is 19.3. The quantitative estimate of drug-likeness (QED) is 0.689. The van der Waals surface area contributed by atoms with E-state index in [1.807, 2.05) is 0 Å². The van der Waals surface area contributed by atoms with Gasteiger partial charge in [-0.3, -0.25) is 5.32 Å². The number of fused-ring (bicyclic) bond motifs is 1. The fourth-order valence-corrected chi connectivity index (χ4v) is 3.51. The number of hydrogen-bond donors (Lipinski definition) is 2. The van der Waals surface area contributed by atoms with Crippen molar-refractivity contribution in [1.29, 1.82) is 0 Å². The van der Waals surface area contributed by atoms with Crippen molar-refractivity contribution in [3.8, 4) is 11.1 Å². The number of pyridine rings is 1. The third-order valence-electron chi connectivity index (χ3n) is 4.82. The standard InChI is InChI=1S/C20H20FN3O2/c21-17-7-6-15(19-16(17)9-11-26-19)13-8-10-22-18(12-13)24-20(25)23-14-4-2-1-3-5-14/h6-12,14H,1-5H2,(H2,22,23,24,25). The number of anilines is 1. The zero-order chi connectivity index (χ0) is 17.9. The van der Waals surface area contributed by atoms with Crippen molar-refractivity contribution >= 4 is 22.8 Å². The molecule has 1 saturated carbocycles. The first kappa shape index (κ1) is 16.6. The van der Waals surface area contributed by atoms with E-state index in [4.69, 9.17) is 4.42 Å². The van der Waals surface area contributed by atoms with Gasteiger partial charge in [0.15, 0.2) is 0 Å². The first-order valence-corrected chi connectivity index (χ1v) is 8.90. The minimum atomic E-state index is -0.322. The molecule has 0 spiro atoms. The number of rotatable bonds is 3. The summed E-state index contributed by atoms with van der Waals surface area (Å²) in [5.74, 6) is 0.122. The topological polar surface area (TPSA) is 67.2 Å². The second-order valence-electron chi connectivity index (χ2n) is 6.62. The third-order valence-corrected chi connectivity index (χ3v) is 4.82. The monoisotopic (exact) mass is 353 g/mol. The van der Waals surface area contributed by atoms with Crippen LogP contribution in [-0.4, -0.2) is 17.1 Å². The van der Waals surface area contributed by atoms with Gasteiger partial charge in [-0.25, -0.2) is 14.2 Å². The Hall–Kier alpha value is -2.89. The van der Waals surface area contributed by atoms with E-state index in [0.717, 1.165) is 36.8 Å². The molecule has 0 atom stereocenters. The Kier molecular flexibility index (Phi) is 4.56. The highest BCUT2D eigenvalue weighted by Gasteiger charge is 2.16. The fourth-order valence-electron chi connectivity index (χ4n) is 3.51. The second-order valence-corrected chi connectivity index (χ2v) is 6.62. The third kappa shape index (κ3) is 3.40. The van der Waals surface area contributed by atoms with Crippen LogP contribution in [0, 0.1) is 5.82 Å². The largest absolute Gasteiger partial charge is 0.464 e. The molecule has 134 valence electrons. The van der Waals surface area contributed by atoms with Gasteiger partial charge < -0.3 is 9.73 Å². The number of halogens is 1. The minimum absolute atomic E-state index is 0.228. The van der Waals surface area contributed by atoms with Gasteiger partial charge in [0.2, 0.25) is 0 Å². The lowest BCUT2D eigenvalue weighted by atomic mass is 9.96. The van der Waals surface area contributed by atoms with Gasteiger partial charge in [0.05, 0.1) is 11.6 Å². The summed E-state index contributed by atoms with van der Waals surface area (Å²) >= 11 is 0. The molecule has 6 heteroatoms. The average molecular weight is 353 g/mol. The molecule has 2 N–H and O–H groups in total. The van der Waals surface area contributed by atoms with Gasteiger partial charge in [-0.1, -0.05) is 19.3 Å². The number of nitrogens with zero attached hydrogens (tertiary/aromatic N) is 1. The molecule has 1 fully saturated rings. The van der Waals surface area contributed by atoms with Crippen LogP contribution in [0.5, 0.6) is 0 Å². The highest BCUT2D eigenvalue weighted by atomic mass is 19.1. The Labute approximate surface area is 150 Å². The SMILES string of the molecule is O=C(Nc1cc(-c2ccc(F)c3ccoc23)ccn1)NC1CCCCC1. The number of carbonyl (C=O) groups is 1. The van der Waals surface area contributed by atoms with Gasteiger partial charge in [-0.15, -0.1) is 0 Å². The molecule has 0 aliphatic heterocycles. The van der Waals surface area contributed by atoms with Crippen molar-refractivity contribution in [2.45, 2.75) is 38.1 Å². The van der Waals surface area contributed by atoms with Gasteiger partial charge in [-0.05, 0) is 48.7 Å². The zero-order valence-corrected chi connectivity index (χ0v) is 14.3. The number of furan rings is 1. The predicted octanol–water partition coefficient (Wildman–Crippen LogP) is 5.09. The zero-order valence-electron chi connectivity index (χ0n) is 14.3. The first-order valence-electron chi connectivity index (χ1n) is 8.90. The smallest absolute Gasteiger partial charge is 0.320 e. The van der Waals surface area contributed by atoms with Crippen molar-refractivity contribution in [2.24, 2.45) is 0 Å².